The van der Waals surface area contributed by atoms with Gasteiger partial charge in [0.2, 0.25) is 0 Å². The van der Waals surface area contributed by atoms with Gasteiger partial charge >= 0.3 is 0 Å². The van der Waals surface area contributed by atoms with Gasteiger partial charge in [-0.3, -0.25) is 4.90 Å². The third-order valence-corrected chi connectivity index (χ3v) is 3.26. The first-order valence-electron chi connectivity index (χ1n) is 6.40. The van der Waals surface area contributed by atoms with Crippen LogP contribution in [0.15, 0.2) is 0 Å². The van der Waals surface area contributed by atoms with Crippen LogP contribution in [0.5, 0.6) is 0 Å². The van der Waals surface area contributed by atoms with Crippen LogP contribution in [0.1, 0.15) is 39.0 Å². The molecule has 1 saturated heterocycles. The summed E-state index contributed by atoms with van der Waals surface area (Å²) in [4.78, 5) is 2.60. The lowest BCUT2D eigenvalue weighted by atomic mass is 10.1. The molecular weight excluding hydrogens is 224 g/mol. The molecule has 0 aromatic carbocycles. The number of halogens is 1. The summed E-state index contributed by atoms with van der Waals surface area (Å²) in [6.07, 6.45) is 6.80. The first-order valence-corrected chi connectivity index (χ1v) is 6.40. The summed E-state index contributed by atoms with van der Waals surface area (Å²) in [5.74, 6) is 0. The molecule has 0 amide bonds. The smallest absolute Gasteiger partial charge is 0.0594 e. The molecule has 1 unspecified atom stereocenters. The number of hydrogen-bond acceptors (Lipinski definition) is 3. The first-order chi connectivity index (χ1) is 7.38. The Morgan fingerprint density at radius 1 is 1.25 bits per heavy atom. The molecule has 0 bridgehead atoms. The van der Waals surface area contributed by atoms with Gasteiger partial charge in [0.15, 0.2) is 0 Å². The maximum absolute atomic E-state index is 5.45. The molecule has 1 atom stereocenters. The molecule has 0 aliphatic carbocycles. The van der Waals surface area contributed by atoms with E-state index in [1.54, 1.807) is 0 Å². The quantitative estimate of drug-likeness (QED) is 0.734. The Balaban J connectivity index is 0.00000225. The summed E-state index contributed by atoms with van der Waals surface area (Å²) in [5.41, 5.74) is 5.39. The van der Waals surface area contributed by atoms with E-state index >= 15 is 0 Å². The van der Waals surface area contributed by atoms with Gasteiger partial charge in [-0.1, -0.05) is 19.8 Å². The van der Waals surface area contributed by atoms with E-state index in [9.17, 15) is 0 Å². The number of ether oxygens (including phenoxy) is 1. The van der Waals surface area contributed by atoms with E-state index in [0.29, 0.717) is 13.2 Å². The van der Waals surface area contributed by atoms with Gasteiger partial charge in [0, 0.05) is 19.1 Å². The Labute approximate surface area is 106 Å². The predicted octanol–water partition coefficient (Wildman–Crippen LogP) is 2.04. The Morgan fingerprint density at radius 3 is 2.75 bits per heavy atom. The van der Waals surface area contributed by atoms with Gasteiger partial charge in [-0.25, -0.2) is 0 Å². The molecule has 0 radical (unpaired) electrons. The maximum Gasteiger partial charge on any atom is 0.0594 e. The fourth-order valence-electron chi connectivity index (χ4n) is 2.36. The zero-order chi connectivity index (χ0) is 10.9. The SMILES string of the molecule is CCC1CCCCCN1CCOCCN.Cl. The third-order valence-electron chi connectivity index (χ3n) is 3.26. The highest BCUT2D eigenvalue weighted by Gasteiger charge is 2.18. The van der Waals surface area contributed by atoms with Crippen LogP contribution < -0.4 is 5.73 Å². The molecule has 0 spiro atoms. The molecule has 98 valence electrons. The molecular formula is C12H27ClN2O. The van der Waals surface area contributed by atoms with Crippen molar-refractivity contribution in [2.75, 3.05) is 32.8 Å². The van der Waals surface area contributed by atoms with Crippen molar-refractivity contribution < 1.29 is 4.74 Å². The second kappa shape index (κ2) is 10.3. The molecule has 0 aromatic rings. The second-order valence-electron chi connectivity index (χ2n) is 4.35. The van der Waals surface area contributed by atoms with Crippen LogP contribution in [0.3, 0.4) is 0 Å². The van der Waals surface area contributed by atoms with Crippen molar-refractivity contribution in [3.8, 4) is 0 Å². The van der Waals surface area contributed by atoms with Crippen molar-refractivity contribution in [2.45, 2.75) is 45.1 Å². The average molecular weight is 251 g/mol. The van der Waals surface area contributed by atoms with Crippen molar-refractivity contribution in [2.24, 2.45) is 5.73 Å². The zero-order valence-electron chi connectivity index (χ0n) is 10.5. The van der Waals surface area contributed by atoms with E-state index in [0.717, 1.165) is 19.2 Å². The molecule has 3 nitrogen and oxygen atoms in total. The molecule has 2 N–H and O–H groups in total. The van der Waals surface area contributed by atoms with Crippen LogP contribution in [0, 0.1) is 0 Å². The third kappa shape index (κ3) is 6.04. The summed E-state index contributed by atoms with van der Waals surface area (Å²) in [7, 11) is 0. The van der Waals surface area contributed by atoms with E-state index in [-0.39, 0.29) is 12.4 Å². The Morgan fingerprint density at radius 2 is 2.06 bits per heavy atom. The molecule has 0 saturated carbocycles. The molecule has 1 rings (SSSR count). The normalized spacial score (nSPS) is 22.5. The fraction of sp³-hybridized carbons (Fsp3) is 1.00. The summed E-state index contributed by atoms with van der Waals surface area (Å²) in [6.45, 7) is 6.81. The lowest BCUT2D eigenvalue weighted by Crippen LogP contribution is -2.37. The molecule has 1 heterocycles. The van der Waals surface area contributed by atoms with Crippen LogP contribution in [0.2, 0.25) is 0 Å². The van der Waals surface area contributed by atoms with Crippen molar-refractivity contribution >= 4 is 12.4 Å². The van der Waals surface area contributed by atoms with E-state index < -0.39 is 0 Å². The molecule has 0 aromatic heterocycles. The minimum atomic E-state index is 0. The number of nitrogens with two attached hydrogens (primary N) is 1. The van der Waals surface area contributed by atoms with Crippen LogP contribution in [0.4, 0.5) is 0 Å². The maximum atomic E-state index is 5.45. The predicted molar refractivity (Wildman–Crippen MR) is 71.2 cm³/mol. The Kier molecular flexibility index (Phi) is 10.4. The van der Waals surface area contributed by atoms with Gasteiger partial charge in [-0.05, 0) is 25.8 Å². The highest BCUT2D eigenvalue weighted by atomic mass is 35.5. The van der Waals surface area contributed by atoms with Gasteiger partial charge in [-0.2, -0.15) is 0 Å². The lowest BCUT2D eigenvalue weighted by molar-refractivity contribution is 0.0907. The van der Waals surface area contributed by atoms with Crippen molar-refractivity contribution in [1.82, 2.24) is 4.90 Å². The second-order valence-corrected chi connectivity index (χ2v) is 4.35. The van der Waals surface area contributed by atoms with Crippen LogP contribution in [-0.4, -0.2) is 43.8 Å². The molecule has 16 heavy (non-hydrogen) atoms. The van der Waals surface area contributed by atoms with Gasteiger partial charge in [0.1, 0.15) is 0 Å². The van der Waals surface area contributed by atoms with Crippen LogP contribution >= 0.6 is 12.4 Å². The van der Waals surface area contributed by atoms with Crippen LogP contribution in [0.25, 0.3) is 0 Å². The Bertz CT molecular complexity index is 158. The minimum Gasteiger partial charge on any atom is -0.379 e. The van der Waals surface area contributed by atoms with E-state index in [1.165, 1.54) is 38.6 Å². The van der Waals surface area contributed by atoms with Gasteiger partial charge in [0.25, 0.3) is 0 Å². The zero-order valence-corrected chi connectivity index (χ0v) is 11.3. The van der Waals surface area contributed by atoms with E-state index in [4.69, 9.17) is 10.5 Å². The lowest BCUT2D eigenvalue weighted by Gasteiger charge is -2.28. The van der Waals surface area contributed by atoms with Gasteiger partial charge in [-0.15, -0.1) is 12.4 Å². The summed E-state index contributed by atoms with van der Waals surface area (Å²) in [5, 5.41) is 0. The topological polar surface area (TPSA) is 38.5 Å². The summed E-state index contributed by atoms with van der Waals surface area (Å²) < 4.78 is 5.45. The molecule has 1 aliphatic heterocycles. The van der Waals surface area contributed by atoms with E-state index in [1.807, 2.05) is 0 Å². The molecule has 1 aliphatic rings. The van der Waals surface area contributed by atoms with Crippen molar-refractivity contribution in [3.63, 3.8) is 0 Å². The van der Waals surface area contributed by atoms with E-state index in [2.05, 4.69) is 11.8 Å². The monoisotopic (exact) mass is 250 g/mol. The van der Waals surface area contributed by atoms with Crippen molar-refractivity contribution in [1.29, 1.82) is 0 Å². The largest absolute Gasteiger partial charge is 0.379 e. The minimum absolute atomic E-state index is 0. The molecule has 4 heteroatoms. The Hall–Kier alpha value is 0.170. The first kappa shape index (κ1) is 16.2. The summed E-state index contributed by atoms with van der Waals surface area (Å²) >= 11 is 0. The number of likely N-dealkylation sites (tertiary alicyclic amines) is 1. The number of rotatable bonds is 6. The highest BCUT2D eigenvalue weighted by Crippen LogP contribution is 2.18. The standard InChI is InChI=1S/C12H26N2O.ClH/c1-2-12-6-4-3-5-8-14(12)9-11-15-10-7-13;/h12H,2-11,13H2,1H3;1H. The van der Waals surface area contributed by atoms with Gasteiger partial charge < -0.3 is 10.5 Å². The number of hydrogen-bond donors (Lipinski definition) is 1. The highest BCUT2D eigenvalue weighted by molar-refractivity contribution is 5.85. The molecule has 1 fully saturated rings. The average Bonchev–Trinajstić information content (AvgIpc) is 2.49. The summed E-state index contributed by atoms with van der Waals surface area (Å²) in [6, 6.07) is 0.786. The fourth-order valence-corrected chi connectivity index (χ4v) is 2.36. The number of nitrogens with zero attached hydrogens (tertiary/aromatic N) is 1. The van der Waals surface area contributed by atoms with Crippen molar-refractivity contribution in [3.05, 3.63) is 0 Å². The van der Waals surface area contributed by atoms with Crippen LogP contribution in [-0.2, 0) is 4.74 Å². The van der Waals surface area contributed by atoms with Gasteiger partial charge in [0.05, 0.1) is 13.2 Å².